The number of carbonyl (C=O) groups excluding carboxylic acids is 4. The fourth-order valence-electron chi connectivity index (χ4n) is 5.19. The van der Waals surface area contributed by atoms with Crippen molar-refractivity contribution in [2.24, 2.45) is 5.41 Å². The molecule has 0 bridgehead atoms. The first-order chi connectivity index (χ1) is 14.8. The average molecular weight is 438 g/mol. The highest BCUT2D eigenvalue weighted by atomic mass is 16.5. The summed E-state index contributed by atoms with van der Waals surface area (Å²) in [5.41, 5.74) is -1.79. The van der Waals surface area contributed by atoms with Crippen LogP contribution in [0.15, 0.2) is 12.1 Å². The van der Waals surface area contributed by atoms with Gasteiger partial charge in [0, 0.05) is 18.2 Å². The number of ketones is 3. The summed E-state index contributed by atoms with van der Waals surface area (Å²) in [5.74, 6) is -2.26. The number of Topliss-reactive ketones (excluding diaryl/α,β-unsaturated/α-hetero) is 3. The highest BCUT2D eigenvalue weighted by Gasteiger charge is 2.55. The van der Waals surface area contributed by atoms with Crippen LogP contribution in [0.1, 0.15) is 79.3 Å². The third-order valence-corrected chi connectivity index (χ3v) is 6.93. The number of hydrogen-bond donors (Lipinski definition) is 2. The smallest absolute Gasteiger partial charge is 0.342 e. The zero-order valence-corrected chi connectivity index (χ0v) is 18.8. The van der Waals surface area contributed by atoms with E-state index in [1.54, 1.807) is 26.8 Å². The number of aromatic hydroxyl groups is 2. The van der Waals surface area contributed by atoms with Gasteiger partial charge in [-0.1, -0.05) is 0 Å². The van der Waals surface area contributed by atoms with Crippen LogP contribution in [0.2, 0.25) is 0 Å². The van der Waals surface area contributed by atoms with Crippen LogP contribution in [0.4, 0.5) is 0 Å². The number of esters is 1. The van der Waals surface area contributed by atoms with Crippen LogP contribution >= 0.6 is 0 Å². The highest BCUT2D eigenvalue weighted by molar-refractivity contribution is 6.24. The lowest BCUT2D eigenvalue weighted by atomic mass is 9.58. The van der Waals surface area contributed by atoms with Gasteiger partial charge >= 0.3 is 5.97 Å². The Morgan fingerprint density at radius 3 is 2.41 bits per heavy atom. The number of phenolic OH excluding ortho intramolecular Hbond substituents is 2. The molecular formula is C25H26O7. The Bertz CT molecular complexity index is 1240. The predicted molar refractivity (Wildman–Crippen MR) is 116 cm³/mol. The maximum Gasteiger partial charge on any atom is 0.342 e. The fourth-order valence-corrected chi connectivity index (χ4v) is 5.19. The van der Waals surface area contributed by atoms with Crippen LogP contribution in [0.5, 0.6) is 11.5 Å². The van der Waals surface area contributed by atoms with E-state index in [1.165, 1.54) is 19.9 Å². The van der Waals surface area contributed by atoms with Crippen LogP contribution in [0.3, 0.4) is 0 Å². The molecule has 2 unspecified atom stereocenters. The van der Waals surface area contributed by atoms with Crippen molar-refractivity contribution < 1.29 is 34.1 Å². The molecule has 0 aromatic heterocycles. The molecule has 7 nitrogen and oxygen atoms in total. The average Bonchev–Trinajstić information content (AvgIpc) is 2.68. The molecule has 4 rings (SSSR count). The van der Waals surface area contributed by atoms with Crippen LogP contribution in [-0.4, -0.2) is 39.6 Å². The van der Waals surface area contributed by atoms with Gasteiger partial charge in [0.15, 0.2) is 11.6 Å². The molecule has 1 aliphatic heterocycles. The monoisotopic (exact) mass is 438 g/mol. The van der Waals surface area contributed by atoms with Gasteiger partial charge < -0.3 is 19.7 Å². The number of phenols is 2. The summed E-state index contributed by atoms with van der Waals surface area (Å²) in [4.78, 5) is 51.1. The molecule has 0 saturated heterocycles. The Hall–Kier alpha value is -3.22. The van der Waals surface area contributed by atoms with Crippen LogP contribution < -0.4 is 0 Å². The Kier molecular flexibility index (Phi) is 4.73. The first kappa shape index (κ1) is 22.0. The lowest BCUT2D eigenvalue weighted by Crippen LogP contribution is -2.51. The van der Waals surface area contributed by atoms with E-state index in [0.29, 0.717) is 21.9 Å². The van der Waals surface area contributed by atoms with Crippen molar-refractivity contribution in [2.75, 3.05) is 0 Å². The number of benzene rings is 2. The molecule has 168 valence electrons. The number of cyclic esters (lactones) is 1. The largest absolute Gasteiger partial charge is 0.507 e. The maximum absolute atomic E-state index is 13.6. The van der Waals surface area contributed by atoms with Crippen molar-refractivity contribution in [2.45, 2.75) is 65.4 Å². The molecular weight excluding hydrogens is 412 g/mol. The van der Waals surface area contributed by atoms with Gasteiger partial charge in [-0.25, -0.2) is 4.79 Å². The summed E-state index contributed by atoms with van der Waals surface area (Å²) in [7, 11) is 0. The van der Waals surface area contributed by atoms with Crippen LogP contribution in [0, 0.1) is 5.41 Å². The molecule has 0 fully saturated rings. The quantitative estimate of drug-likeness (QED) is 0.553. The standard InChI is InChI=1S/C25H26O7/c1-11(26)6-7-25(5)21(29)19-15(24(3,4)23(25)31)9-13-10-16(27)18-14(17(13)20(19)28)8-12(2)32-22(18)30/h9-10,12,27-28H,6-8H2,1-5H3. The van der Waals surface area contributed by atoms with Crippen molar-refractivity contribution >= 4 is 34.1 Å². The minimum Gasteiger partial charge on any atom is -0.507 e. The second-order valence-corrected chi connectivity index (χ2v) is 9.73. The number of fused-ring (bicyclic) bond motifs is 4. The van der Waals surface area contributed by atoms with E-state index in [2.05, 4.69) is 0 Å². The normalized spacial score (nSPS) is 24.2. The molecule has 0 saturated carbocycles. The molecule has 2 aliphatic rings. The van der Waals surface area contributed by atoms with Gasteiger partial charge in [-0.15, -0.1) is 0 Å². The van der Waals surface area contributed by atoms with Gasteiger partial charge in [0.1, 0.15) is 28.9 Å². The SMILES string of the molecule is CC(=O)CCC1(C)C(=O)c2c(cc3cc(O)c4c(c3c2O)CC(C)OC4=O)C(C)(C)C1=O. The molecule has 2 atom stereocenters. The second kappa shape index (κ2) is 6.89. The number of rotatable bonds is 3. The van der Waals surface area contributed by atoms with Crippen molar-refractivity contribution in [3.8, 4) is 11.5 Å². The first-order valence-electron chi connectivity index (χ1n) is 10.7. The minimum atomic E-state index is -1.46. The highest BCUT2D eigenvalue weighted by Crippen LogP contribution is 2.51. The molecule has 2 aromatic carbocycles. The number of hydrogen-bond acceptors (Lipinski definition) is 7. The minimum absolute atomic E-state index is 0.0243. The second-order valence-electron chi connectivity index (χ2n) is 9.73. The van der Waals surface area contributed by atoms with Gasteiger partial charge in [0.25, 0.3) is 0 Å². The van der Waals surface area contributed by atoms with E-state index in [1.807, 2.05) is 0 Å². The van der Waals surface area contributed by atoms with Crippen LogP contribution in [0.25, 0.3) is 10.8 Å². The van der Waals surface area contributed by atoms with E-state index in [0.717, 1.165) is 0 Å². The van der Waals surface area contributed by atoms with E-state index in [-0.39, 0.29) is 53.5 Å². The van der Waals surface area contributed by atoms with Crippen molar-refractivity contribution in [1.82, 2.24) is 0 Å². The van der Waals surface area contributed by atoms with Gasteiger partial charge in [-0.05, 0) is 69.7 Å². The Morgan fingerprint density at radius 2 is 1.78 bits per heavy atom. The molecule has 2 aromatic rings. The van der Waals surface area contributed by atoms with E-state index < -0.39 is 28.7 Å². The number of ether oxygens (including phenoxy) is 1. The van der Waals surface area contributed by atoms with Gasteiger partial charge in [-0.2, -0.15) is 0 Å². The van der Waals surface area contributed by atoms with Gasteiger partial charge in [0.2, 0.25) is 0 Å². The molecule has 1 heterocycles. The summed E-state index contributed by atoms with van der Waals surface area (Å²) in [6.45, 7) is 8.02. The van der Waals surface area contributed by atoms with E-state index >= 15 is 0 Å². The number of carbonyl (C=O) groups is 4. The topological polar surface area (TPSA) is 118 Å². The molecule has 1 aliphatic carbocycles. The summed E-state index contributed by atoms with van der Waals surface area (Å²) < 4.78 is 5.23. The van der Waals surface area contributed by atoms with Crippen molar-refractivity contribution in [3.05, 3.63) is 34.4 Å². The van der Waals surface area contributed by atoms with Crippen LogP contribution in [-0.2, 0) is 26.2 Å². The van der Waals surface area contributed by atoms with Crippen molar-refractivity contribution in [3.63, 3.8) is 0 Å². The lowest BCUT2D eigenvalue weighted by molar-refractivity contribution is -0.131. The zero-order valence-electron chi connectivity index (χ0n) is 18.8. The third kappa shape index (κ3) is 2.87. The molecule has 32 heavy (non-hydrogen) atoms. The maximum atomic E-state index is 13.6. The van der Waals surface area contributed by atoms with E-state index in [9.17, 15) is 29.4 Å². The fraction of sp³-hybridized carbons (Fsp3) is 0.440. The first-order valence-corrected chi connectivity index (χ1v) is 10.7. The van der Waals surface area contributed by atoms with Crippen molar-refractivity contribution in [1.29, 1.82) is 0 Å². The lowest BCUT2D eigenvalue weighted by Gasteiger charge is -2.41. The molecule has 7 heteroatoms. The zero-order chi connectivity index (χ0) is 23.7. The molecule has 0 radical (unpaired) electrons. The molecule has 0 amide bonds. The molecule has 0 spiro atoms. The third-order valence-electron chi connectivity index (χ3n) is 6.93. The predicted octanol–water partition coefficient (Wildman–Crippen LogP) is 3.77. The Balaban J connectivity index is 2.06. The molecule has 2 N–H and O–H groups in total. The van der Waals surface area contributed by atoms with Gasteiger partial charge in [0.05, 0.1) is 16.4 Å². The Morgan fingerprint density at radius 1 is 1.12 bits per heavy atom. The summed E-state index contributed by atoms with van der Waals surface area (Å²) in [6, 6.07) is 2.98. The Labute approximate surface area is 185 Å². The summed E-state index contributed by atoms with van der Waals surface area (Å²) in [5, 5.41) is 22.6. The van der Waals surface area contributed by atoms with Gasteiger partial charge in [-0.3, -0.25) is 9.59 Å². The summed E-state index contributed by atoms with van der Waals surface area (Å²) >= 11 is 0. The van der Waals surface area contributed by atoms with E-state index in [4.69, 9.17) is 4.74 Å². The summed E-state index contributed by atoms with van der Waals surface area (Å²) in [6.07, 6.45) is -0.0845.